The molecular formula is C31H48O2. The minimum absolute atomic E-state index is 0.0222. The van der Waals surface area contributed by atoms with E-state index in [2.05, 4.69) is 48.5 Å². The van der Waals surface area contributed by atoms with Crippen molar-refractivity contribution in [3.63, 3.8) is 0 Å². The summed E-state index contributed by atoms with van der Waals surface area (Å²) in [7, 11) is 0. The Hall–Kier alpha value is -1.70. The summed E-state index contributed by atoms with van der Waals surface area (Å²) in [5, 5.41) is 0. The molecule has 0 saturated carbocycles. The summed E-state index contributed by atoms with van der Waals surface area (Å²) >= 11 is 0. The molecule has 0 N–H and O–H groups in total. The summed E-state index contributed by atoms with van der Waals surface area (Å²) in [6.45, 7) is 18.4. The number of carbonyl (C=O) groups is 2. The highest BCUT2D eigenvalue weighted by atomic mass is 16.1. The molecule has 0 aliphatic heterocycles. The summed E-state index contributed by atoms with van der Waals surface area (Å²) < 4.78 is 0. The Bertz CT molecular complexity index is 851. The van der Waals surface area contributed by atoms with Crippen LogP contribution < -0.4 is 0 Å². The van der Waals surface area contributed by atoms with E-state index < -0.39 is 0 Å². The Kier molecular flexibility index (Phi) is 9.70. The molecule has 0 heterocycles. The average Bonchev–Trinajstić information content (AvgIpc) is 2.84. The molecule has 1 aromatic rings. The lowest BCUT2D eigenvalue weighted by Gasteiger charge is -2.40. The predicted molar refractivity (Wildman–Crippen MR) is 141 cm³/mol. The number of allylic oxidation sites excluding steroid dienone is 2. The van der Waals surface area contributed by atoms with Crippen molar-refractivity contribution in [2.24, 2.45) is 22.7 Å². The molecule has 184 valence electrons. The number of hydrogen-bond donors (Lipinski definition) is 0. The van der Waals surface area contributed by atoms with Gasteiger partial charge in [0.05, 0.1) is 0 Å². The number of ketones is 2. The van der Waals surface area contributed by atoms with Crippen molar-refractivity contribution in [2.45, 2.75) is 113 Å². The highest BCUT2D eigenvalue weighted by Gasteiger charge is 2.35. The smallest absolute Gasteiger partial charge is 0.190 e. The van der Waals surface area contributed by atoms with Crippen molar-refractivity contribution in [1.29, 1.82) is 0 Å². The summed E-state index contributed by atoms with van der Waals surface area (Å²) in [6.07, 6.45) is 10.3. The normalized spacial score (nSPS) is 16.7. The first-order chi connectivity index (χ1) is 15.6. The first-order valence-electron chi connectivity index (χ1n) is 13.5. The van der Waals surface area contributed by atoms with E-state index in [1.54, 1.807) is 12.1 Å². The van der Waals surface area contributed by atoms with Gasteiger partial charge in [0.1, 0.15) is 0 Å². The molecule has 0 bridgehead atoms. The molecule has 2 rings (SSSR count). The van der Waals surface area contributed by atoms with E-state index in [1.165, 1.54) is 44.9 Å². The van der Waals surface area contributed by atoms with Gasteiger partial charge in [-0.3, -0.25) is 9.59 Å². The van der Waals surface area contributed by atoms with Crippen molar-refractivity contribution in [2.75, 3.05) is 0 Å². The molecule has 1 aliphatic carbocycles. The zero-order chi connectivity index (χ0) is 24.8. The first kappa shape index (κ1) is 27.5. The van der Waals surface area contributed by atoms with Crippen molar-refractivity contribution >= 4 is 11.6 Å². The van der Waals surface area contributed by atoms with Gasteiger partial charge in [0, 0.05) is 22.3 Å². The SMILES string of the molecule is CCC(C)(CC)C(C)CCCC(CC)(CC)C(C)CCC1=C(C)C(=O)c2ccccc2C1=O. The van der Waals surface area contributed by atoms with E-state index in [-0.39, 0.29) is 11.6 Å². The number of Topliss-reactive ketones (excluding diaryl/α,β-unsaturated/α-hetero) is 2. The standard InChI is InChI=1S/C31H48O2/c1-9-30(8,10-2)22(5)16-15-21-31(11-3,12-4)23(6)19-20-25-24(7)28(32)26-17-13-14-18-27(26)29(25)33/h13-14,17-18,22-23H,9-12,15-16,19-21H2,1-8H3. The quantitative estimate of drug-likeness (QED) is 0.299. The maximum atomic E-state index is 13.2. The second kappa shape index (κ2) is 11.6. The lowest BCUT2D eigenvalue weighted by atomic mass is 9.65. The molecule has 0 aromatic heterocycles. The van der Waals surface area contributed by atoms with Crippen molar-refractivity contribution < 1.29 is 9.59 Å². The fourth-order valence-electron chi connectivity index (χ4n) is 6.12. The monoisotopic (exact) mass is 452 g/mol. The van der Waals surface area contributed by atoms with Crippen LogP contribution in [0.3, 0.4) is 0 Å². The molecule has 2 atom stereocenters. The molecule has 33 heavy (non-hydrogen) atoms. The van der Waals surface area contributed by atoms with Crippen LogP contribution in [0.25, 0.3) is 0 Å². The summed E-state index contributed by atoms with van der Waals surface area (Å²) in [5.74, 6) is 1.34. The molecular weight excluding hydrogens is 404 g/mol. The number of rotatable bonds is 13. The van der Waals surface area contributed by atoms with Crippen LogP contribution in [0.4, 0.5) is 0 Å². The average molecular weight is 453 g/mol. The van der Waals surface area contributed by atoms with Gasteiger partial charge in [-0.15, -0.1) is 0 Å². The van der Waals surface area contributed by atoms with Gasteiger partial charge in [-0.2, -0.15) is 0 Å². The number of fused-ring (bicyclic) bond motifs is 1. The second-order valence-corrected chi connectivity index (χ2v) is 11.0. The maximum Gasteiger partial charge on any atom is 0.190 e. The Balaban J connectivity index is 2.08. The van der Waals surface area contributed by atoms with Crippen LogP contribution in [0.2, 0.25) is 0 Å². The molecule has 1 aliphatic rings. The molecule has 2 heteroatoms. The zero-order valence-electron chi connectivity index (χ0n) is 22.6. The molecule has 2 nitrogen and oxygen atoms in total. The third-order valence-electron chi connectivity index (χ3n) is 9.88. The summed E-state index contributed by atoms with van der Waals surface area (Å²) in [6, 6.07) is 7.27. The molecule has 1 aromatic carbocycles. The maximum absolute atomic E-state index is 13.2. The third-order valence-corrected chi connectivity index (χ3v) is 9.88. The van der Waals surface area contributed by atoms with E-state index >= 15 is 0 Å². The number of carbonyl (C=O) groups excluding carboxylic acids is 2. The number of benzene rings is 1. The van der Waals surface area contributed by atoms with Gasteiger partial charge in [-0.1, -0.05) is 111 Å². The van der Waals surface area contributed by atoms with Crippen LogP contribution in [-0.2, 0) is 0 Å². The lowest BCUT2D eigenvalue weighted by molar-refractivity contribution is 0.0960. The Morgan fingerprint density at radius 1 is 0.788 bits per heavy atom. The van der Waals surface area contributed by atoms with Crippen LogP contribution in [0.1, 0.15) is 134 Å². The van der Waals surface area contributed by atoms with Crippen molar-refractivity contribution in [3.05, 3.63) is 46.5 Å². The van der Waals surface area contributed by atoms with E-state index in [0.717, 1.165) is 17.9 Å². The van der Waals surface area contributed by atoms with Crippen LogP contribution in [0.15, 0.2) is 35.4 Å². The Morgan fingerprint density at radius 2 is 1.33 bits per heavy atom. The highest BCUT2D eigenvalue weighted by molar-refractivity contribution is 6.26. The topological polar surface area (TPSA) is 34.1 Å². The predicted octanol–water partition coefficient (Wildman–Crippen LogP) is 9.24. The summed E-state index contributed by atoms with van der Waals surface area (Å²) in [4.78, 5) is 26.0. The van der Waals surface area contributed by atoms with Gasteiger partial charge in [-0.25, -0.2) is 0 Å². The van der Waals surface area contributed by atoms with E-state index in [0.29, 0.717) is 39.9 Å². The summed E-state index contributed by atoms with van der Waals surface area (Å²) in [5.41, 5.74) is 3.29. The lowest BCUT2D eigenvalue weighted by Crippen LogP contribution is -2.30. The van der Waals surface area contributed by atoms with Gasteiger partial charge in [-0.05, 0) is 48.9 Å². The number of hydrogen-bond acceptors (Lipinski definition) is 2. The zero-order valence-corrected chi connectivity index (χ0v) is 22.6. The van der Waals surface area contributed by atoms with Gasteiger partial charge in [0.15, 0.2) is 11.6 Å². The molecule has 0 radical (unpaired) electrons. The van der Waals surface area contributed by atoms with E-state index in [9.17, 15) is 9.59 Å². The molecule has 0 fully saturated rings. The van der Waals surface area contributed by atoms with E-state index in [4.69, 9.17) is 0 Å². The van der Waals surface area contributed by atoms with Gasteiger partial charge < -0.3 is 0 Å². The molecule has 2 unspecified atom stereocenters. The Labute approximate surface area is 203 Å². The minimum Gasteiger partial charge on any atom is -0.289 e. The van der Waals surface area contributed by atoms with Crippen LogP contribution in [0, 0.1) is 22.7 Å². The second-order valence-electron chi connectivity index (χ2n) is 11.0. The van der Waals surface area contributed by atoms with Crippen LogP contribution in [-0.4, -0.2) is 11.6 Å². The largest absolute Gasteiger partial charge is 0.289 e. The van der Waals surface area contributed by atoms with Crippen molar-refractivity contribution in [3.8, 4) is 0 Å². The molecule has 0 spiro atoms. The molecule has 0 amide bonds. The van der Waals surface area contributed by atoms with Crippen LogP contribution in [0.5, 0.6) is 0 Å². The van der Waals surface area contributed by atoms with E-state index in [1.807, 2.05) is 19.1 Å². The molecule has 0 saturated heterocycles. The minimum atomic E-state index is 0.0222. The van der Waals surface area contributed by atoms with Gasteiger partial charge in [0.25, 0.3) is 0 Å². The fraction of sp³-hybridized carbons (Fsp3) is 0.677. The van der Waals surface area contributed by atoms with Crippen LogP contribution >= 0.6 is 0 Å². The first-order valence-corrected chi connectivity index (χ1v) is 13.5. The van der Waals surface area contributed by atoms with Crippen molar-refractivity contribution in [1.82, 2.24) is 0 Å². The van der Waals surface area contributed by atoms with Gasteiger partial charge >= 0.3 is 0 Å². The highest BCUT2D eigenvalue weighted by Crippen LogP contribution is 2.45. The fourth-order valence-corrected chi connectivity index (χ4v) is 6.12. The third kappa shape index (κ3) is 5.69. The Morgan fingerprint density at radius 3 is 1.85 bits per heavy atom. The van der Waals surface area contributed by atoms with Gasteiger partial charge in [0.2, 0.25) is 0 Å².